The summed E-state index contributed by atoms with van der Waals surface area (Å²) in [6.07, 6.45) is 4.52. The Balaban J connectivity index is 1.69. The third kappa shape index (κ3) is 2.71. The first kappa shape index (κ1) is 15.3. The molecule has 2 aliphatic heterocycles. The summed E-state index contributed by atoms with van der Waals surface area (Å²) in [7, 11) is 0. The summed E-state index contributed by atoms with van der Waals surface area (Å²) in [6, 6.07) is 6.20. The van der Waals surface area contributed by atoms with E-state index in [-0.39, 0.29) is 16.6 Å². The fourth-order valence-electron chi connectivity index (χ4n) is 3.36. The van der Waals surface area contributed by atoms with Crippen molar-refractivity contribution in [1.29, 1.82) is 0 Å². The van der Waals surface area contributed by atoms with Crippen molar-refractivity contribution in [2.45, 2.75) is 25.3 Å². The smallest absolute Gasteiger partial charge is 0.285 e. The van der Waals surface area contributed by atoms with Gasteiger partial charge in [0.25, 0.3) is 5.56 Å². The van der Waals surface area contributed by atoms with Gasteiger partial charge >= 0.3 is 0 Å². The van der Waals surface area contributed by atoms with E-state index in [4.69, 9.17) is 21.1 Å². The monoisotopic (exact) mass is 347 g/mol. The quantitative estimate of drug-likeness (QED) is 0.904. The molecule has 24 heavy (non-hydrogen) atoms. The van der Waals surface area contributed by atoms with Crippen molar-refractivity contribution in [2.75, 3.05) is 24.7 Å². The van der Waals surface area contributed by atoms with E-state index in [9.17, 15) is 4.79 Å². The fourth-order valence-corrected chi connectivity index (χ4v) is 3.56. The average molecular weight is 348 g/mol. The number of H-pyrrole nitrogens is 1. The number of benzene rings is 1. The molecule has 2 aromatic rings. The predicted octanol–water partition coefficient (Wildman–Crippen LogP) is 2.93. The Labute approximate surface area is 144 Å². The zero-order valence-corrected chi connectivity index (χ0v) is 13.9. The zero-order valence-electron chi connectivity index (χ0n) is 13.1. The number of rotatable bonds is 2. The van der Waals surface area contributed by atoms with Gasteiger partial charge < -0.3 is 14.4 Å². The fraction of sp³-hybridized carbons (Fsp3) is 0.412. The third-order valence-electron chi connectivity index (χ3n) is 4.50. The number of hydrogen-bond donors (Lipinski definition) is 1. The highest BCUT2D eigenvalue weighted by Gasteiger charge is 2.29. The molecule has 126 valence electrons. The SMILES string of the molecule is O=c1[nH]ncc(N2CCC[C@H]2c2ccc3c(c2)OCCCO3)c1Cl. The van der Waals surface area contributed by atoms with E-state index < -0.39 is 0 Å². The van der Waals surface area contributed by atoms with Crippen LogP contribution in [-0.4, -0.2) is 30.0 Å². The van der Waals surface area contributed by atoms with Crippen LogP contribution in [-0.2, 0) is 0 Å². The molecular weight excluding hydrogens is 330 g/mol. The van der Waals surface area contributed by atoms with Crippen LogP contribution in [0.5, 0.6) is 11.5 Å². The molecule has 1 aromatic heterocycles. The lowest BCUT2D eigenvalue weighted by Gasteiger charge is -2.27. The summed E-state index contributed by atoms with van der Waals surface area (Å²) in [4.78, 5) is 13.9. The molecule has 0 bridgehead atoms. The van der Waals surface area contributed by atoms with Gasteiger partial charge in [-0.15, -0.1) is 0 Å². The van der Waals surface area contributed by atoms with Crippen LogP contribution in [0, 0.1) is 0 Å². The van der Waals surface area contributed by atoms with Gasteiger partial charge in [-0.1, -0.05) is 17.7 Å². The first-order valence-electron chi connectivity index (χ1n) is 8.13. The van der Waals surface area contributed by atoms with Crippen LogP contribution in [0.1, 0.15) is 30.9 Å². The Morgan fingerprint density at radius 3 is 2.92 bits per heavy atom. The second kappa shape index (κ2) is 6.36. The van der Waals surface area contributed by atoms with Gasteiger partial charge in [0.05, 0.1) is 31.1 Å². The molecule has 0 saturated carbocycles. The topological polar surface area (TPSA) is 67.5 Å². The summed E-state index contributed by atoms with van der Waals surface area (Å²) in [5.74, 6) is 1.57. The van der Waals surface area contributed by atoms with Crippen molar-refractivity contribution in [3.05, 3.63) is 45.3 Å². The van der Waals surface area contributed by atoms with Gasteiger partial charge in [0.15, 0.2) is 11.5 Å². The largest absolute Gasteiger partial charge is 0.490 e. The second-order valence-electron chi connectivity index (χ2n) is 6.01. The highest BCUT2D eigenvalue weighted by molar-refractivity contribution is 6.33. The molecule has 1 saturated heterocycles. The predicted molar refractivity (Wildman–Crippen MR) is 91.2 cm³/mol. The van der Waals surface area contributed by atoms with Gasteiger partial charge in [0.2, 0.25) is 0 Å². The Kier molecular flexibility index (Phi) is 4.06. The molecule has 0 spiro atoms. The summed E-state index contributed by atoms with van der Waals surface area (Å²) < 4.78 is 11.5. The number of halogens is 1. The van der Waals surface area contributed by atoms with Crippen molar-refractivity contribution in [3.63, 3.8) is 0 Å². The summed E-state index contributed by atoms with van der Waals surface area (Å²) in [5, 5.41) is 6.44. The van der Waals surface area contributed by atoms with Crippen molar-refractivity contribution >= 4 is 17.3 Å². The Morgan fingerprint density at radius 1 is 1.21 bits per heavy atom. The minimum absolute atomic E-state index is 0.142. The van der Waals surface area contributed by atoms with E-state index in [0.717, 1.165) is 42.9 Å². The Bertz CT molecular complexity index is 808. The first-order chi connectivity index (χ1) is 11.7. The van der Waals surface area contributed by atoms with Crippen LogP contribution in [0.25, 0.3) is 0 Å². The standard InChI is InChI=1S/C17H18ClN3O3/c18-16-13(10-19-20-17(16)22)21-6-1-3-12(21)11-4-5-14-15(9-11)24-8-2-7-23-14/h4-5,9-10,12H,1-3,6-8H2,(H,20,22)/t12-/m0/s1. The van der Waals surface area contributed by atoms with E-state index in [1.165, 1.54) is 0 Å². The highest BCUT2D eigenvalue weighted by Crippen LogP contribution is 2.40. The lowest BCUT2D eigenvalue weighted by Crippen LogP contribution is -2.25. The lowest BCUT2D eigenvalue weighted by molar-refractivity contribution is 0.297. The van der Waals surface area contributed by atoms with Gasteiger partial charge in [-0.05, 0) is 30.5 Å². The molecule has 4 rings (SSSR count). The average Bonchev–Trinajstić information content (AvgIpc) is 2.95. The van der Waals surface area contributed by atoms with E-state index in [2.05, 4.69) is 21.2 Å². The molecule has 1 N–H and O–H groups in total. The number of aromatic amines is 1. The molecule has 2 aliphatic rings. The van der Waals surface area contributed by atoms with Gasteiger partial charge in [-0.2, -0.15) is 5.10 Å². The molecule has 0 amide bonds. The maximum Gasteiger partial charge on any atom is 0.285 e. The molecule has 1 atom stereocenters. The van der Waals surface area contributed by atoms with E-state index in [1.807, 2.05) is 12.1 Å². The van der Waals surface area contributed by atoms with E-state index >= 15 is 0 Å². The van der Waals surface area contributed by atoms with Crippen LogP contribution in [0.15, 0.2) is 29.2 Å². The summed E-state index contributed by atoms with van der Waals surface area (Å²) >= 11 is 6.19. The van der Waals surface area contributed by atoms with Crippen LogP contribution >= 0.6 is 11.6 Å². The second-order valence-corrected chi connectivity index (χ2v) is 6.38. The Hall–Kier alpha value is -2.21. The number of aromatic nitrogens is 2. The molecule has 3 heterocycles. The molecule has 1 aromatic carbocycles. The molecule has 0 unspecified atom stereocenters. The van der Waals surface area contributed by atoms with Crippen LogP contribution in [0.3, 0.4) is 0 Å². The zero-order chi connectivity index (χ0) is 16.5. The van der Waals surface area contributed by atoms with Crippen molar-refractivity contribution in [2.24, 2.45) is 0 Å². The molecule has 0 radical (unpaired) electrons. The number of nitrogens with zero attached hydrogens (tertiary/aromatic N) is 2. The van der Waals surface area contributed by atoms with Gasteiger partial charge in [-0.3, -0.25) is 4.79 Å². The van der Waals surface area contributed by atoms with E-state index in [0.29, 0.717) is 18.9 Å². The van der Waals surface area contributed by atoms with Crippen molar-refractivity contribution < 1.29 is 9.47 Å². The van der Waals surface area contributed by atoms with Crippen LogP contribution in [0.4, 0.5) is 5.69 Å². The van der Waals surface area contributed by atoms with Gasteiger partial charge in [0.1, 0.15) is 5.02 Å². The number of ether oxygens (including phenoxy) is 2. The minimum atomic E-state index is -0.363. The Morgan fingerprint density at radius 2 is 2.04 bits per heavy atom. The number of hydrogen-bond acceptors (Lipinski definition) is 5. The first-order valence-corrected chi connectivity index (χ1v) is 8.51. The number of anilines is 1. The maximum atomic E-state index is 11.8. The van der Waals surface area contributed by atoms with Gasteiger partial charge in [-0.25, -0.2) is 5.10 Å². The van der Waals surface area contributed by atoms with E-state index in [1.54, 1.807) is 6.20 Å². The molecule has 1 fully saturated rings. The van der Waals surface area contributed by atoms with Gasteiger partial charge in [0, 0.05) is 13.0 Å². The molecule has 6 nitrogen and oxygen atoms in total. The van der Waals surface area contributed by atoms with Crippen molar-refractivity contribution in [3.8, 4) is 11.5 Å². The summed E-state index contributed by atoms with van der Waals surface area (Å²) in [6.45, 7) is 2.18. The van der Waals surface area contributed by atoms with Crippen LogP contribution in [0.2, 0.25) is 5.02 Å². The lowest BCUT2D eigenvalue weighted by atomic mass is 10.0. The maximum absolute atomic E-state index is 11.8. The number of fused-ring (bicyclic) bond motifs is 1. The molecule has 0 aliphatic carbocycles. The minimum Gasteiger partial charge on any atom is -0.490 e. The number of nitrogens with one attached hydrogen (secondary N) is 1. The third-order valence-corrected chi connectivity index (χ3v) is 4.86. The van der Waals surface area contributed by atoms with Crippen molar-refractivity contribution in [1.82, 2.24) is 10.2 Å². The highest BCUT2D eigenvalue weighted by atomic mass is 35.5. The summed E-state index contributed by atoms with van der Waals surface area (Å²) in [5.41, 5.74) is 1.45. The van der Waals surface area contributed by atoms with Crippen LogP contribution < -0.4 is 19.9 Å². The normalized spacial score (nSPS) is 20.0. The molecule has 7 heteroatoms. The molecular formula is C17H18ClN3O3.